The number of amides is 1. The zero-order chi connectivity index (χ0) is 13.6. The van der Waals surface area contributed by atoms with E-state index >= 15 is 0 Å². The van der Waals surface area contributed by atoms with Crippen molar-refractivity contribution < 1.29 is 13.2 Å². The second kappa shape index (κ2) is 6.39. The van der Waals surface area contributed by atoms with Gasteiger partial charge >= 0.3 is 0 Å². The van der Waals surface area contributed by atoms with Gasteiger partial charge in [0.25, 0.3) is 0 Å². The molecule has 5 nitrogen and oxygen atoms in total. The Labute approximate surface area is 108 Å². The van der Waals surface area contributed by atoms with Gasteiger partial charge in [-0.3, -0.25) is 9.52 Å². The summed E-state index contributed by atoms with van der Waals surface area (Å²) in [6.45, 7) is 1.80. The molecule has 0 aliphatic rings. The summed E-state index contributed by atoms with van der Waals surface area (Å²) >= 11 is 0. The zero-order valence-corrected chi connectivity index (χ0v) is 11.4. The van der Waals surface area contributed by atoms with Crippen LogP contribution in [-0.4, -0.2) is 27.1 Å². The summed E-state index contributed by atoms with van der Waals surface area (Å²) in [6, 6.07) is 6.90. The maximum atomic E-state index is 11.7. The highest BCUT2D eigenvalue weighted by Crippen LogP contribution is 2.17. The Morgan fingerprint density at radius 2 is 1.94 bits per heavy atom. The van der Waals surface area contributed by atoms with E-state index in [0.717, 1.165) is 0 Å². The van der Waals surface area contributed by atoms with Crippen molar-refractivity contribution >= 4 is 21.6 Å². The van der Waals surface area contributed by atoms with Crippen molar-refractivity contribution in [2.45, 2.75) is 19.8 Å². The predicted molar refractivity (Wildman–Crippen MR) is 71.9 cm³/mol. The van der Waals surface area contributed by atoms with Gasteiger partial charge in [-0.05, 0) is 18.1 Å². The van der Waals surface area contributed by atoms with Crippen LogP contribution >= 0.6 is 0 Å². The lowest BCUT2D eigenvalue weighted by Gasteiger charge is -2.11. The van der Waals surface area contributed by atoms with E-state index in [1.165, 1.54) is 0 Å². The summed E-state index contributed by atoms with van der Waals surface area (Å²) < 4.78 is 25.9. The van der Waals surface area contributed by atoms with E-state index in [0.29, 0.717) is 17.7 Å². The molecule has 0 radical (unpaired) electrons. The van der Waals surface area contributed by atoms with Crippen LogP contribution in [0.15, 0.2) is 24.3 Å². The fourth-order valence-electron chi connectivity index (χ4n) is 1.52. The Kier molecular flexibility index (Phi) is 5.15. The fraction of sp³-hybridized carbons (Fsp3) is 0.417. The number of likely N-dealkylation sites (N-methyl/N-ethyl adjacent to an activating group) is 1. The predicted octanol–water partition coefficient (Wildman–Crippen LogP) is 1.13. The smallest absolute Gasteiger partial charge is 0.232 e. The Bertz CT molecular complexity index is 512. The fourth-order valence-corrected chi connectivity index (χ4v) is 2.70. The number of rotatable bonds is 6. The largest absolute Gasteiger partial charge is 0.359 e. The molecule has 1 aromatic rings. The summed E-state index contributed by atoms with van der Waals surface area (Å²) in [5, 5.41) is 2.51. The molecule has 1 aromatic carbocycles. The zero-order valence-electron chi connectivity index (χ0n) is 10.6. The second-order valence-electron chi connectivity index (χ2n) is 3.93. The van der Waals surface area contributed by atoms with Crippen molar-refractivity contribution in [1.29, 1.82) is 0 Å². The third-order valence-electron chi connectivity index (χ3n) is 2.39. The molecule has 0 aliphatic carbocycles. The summed E-state index contributed by atoms with van der Waals surface area (Å²) in [5.41, 5.74) is 1.13. The highest BCUT2D eigenvalue weighted by molar-refractivity contribution is 7.92. The van der Waals surface area contributed by atoms with Crippen molar-refractivity contribution in [3.8, 4) is 0 Å². The number of carbonyl (C=O) groups is 1. The molecule has 0 saturated carbocycles. The molecular weight excluding hydrogens is 252 g/mol. The van der Waals surface area contributed by atoms with Gasteiger partial charge in [0.15, 0.2) is 0 Å². The molecule has 0 unspecified atom stereocenters. The van der Waals surface area contributed by atoms with Gasteiger partial charge in [0.1, 0.15) is 0 Å². The second-order valence-corrected chi connectivity index (χ2v) is 5.77. The van der Waals surface area contributed by atoms with Crippen LogP contribution < -0.4 is 10.0 Å². The molecule has 1 rings (SSSR count). The SMILES string of the molecule is CCCS(=O)(=O)Nc1ccccc1CC(=O)NC. The van der Waals surface area contributed by atoms with E-state index in [9.17, 15) is 13.2 Å². The van der Waals surface area contributed by atoms with Gasteiger partial charge < -0.3 is 5.32 Å². The number of hydrogen-bond donors (Lipinski definition) is 2. The maximum Gasteiger partial charge on any atom is 0.232 e. The number of nitrogens with one attached hydrogen (secondary N) is 2. The van der Waals surface area contributed by atoms with Crippen LogP contribution in [0.3, 0.4) is 0 Å². The molecular formula is C12H18N2O3S. The minimum Gasteiger partial charge on any atom is -0.359 e. The molecule has 0 saturated heterocycles. The lowest BCUT2D eigenvalue weighted by atomic mass is 10.1. The third kappa shape index (κ3) is 4.37. The standard InChI is InChI=1S/C12H18N2O3S/c1-3-8-18(16,17)14-11-7-5-4-6-10(11)9-12(15)13-2/h4-7,14H,3,8-9H2,1-2H3,(H,13,15). The number of para-hydroxylation sites is 1. The van der Waals surface area contributed by atoms with Crippen LogP contribution in [0.5, 0.6) is 0 Å². The van der Waals surface area contributed by atoms with Gasteiger partial charge in [-0.15, -0.1) is 0 Å². The average molecular weight is 270 g/mol. The summed E-state index contributed by atoms with van der Waals surface area (Å²) in [4.78, 5) is 11.3. The number of benzene rings is 1. The summed E-state index contributed by atoms with van der Waals surface area (Å²) in [6.07, 6.45) is 0.703. The lowest BCUT2D eigenvalue weighted by Crippen LogP contribution is -2.22. The number of sulfonamides is 1. The van der Waals surface area contributed by atoms with Crippen molar-refractivity contribution in [2.24, 2.45) is 0 Å². The third-order valence-corrected chi connectivity index (χ3v) is 3.86. The van der Waals surface area contributed by atoms with Crippen LogP contribution in [0.1, 0.15) is 18.9 Å². The van der Waals surface area contributed by atoms with Crippen LogP contribution in [0, 0.1) is 0 Å². The van der Waals surface area contributed by atoms with Crippen LogP contribution in [0.2, 0.25) is 0 Å². The highest BCUT2D eigenvalue weighted by atomic mass is 32.2. The molecule has 0 fully saturated rings. The Morgan fingerprint density at radius 1 is 1.28 bits per heavy atom. The van der Waals surface area contributed by atoms with Crippen molar-refractivity contribution in [1.82, 2.24) is 5.32 Å². The Balaban J connectivity index is 2.92. The molecule has 18 heavy (non-hydrogen) atoms. The highest BCUT2D eigenvalue weighted by Gasteiger charge is 2.12. The van der Waals surface area contributed by atoms with E-state index in [1.54, 1.807) is 38.2 Å². The topological polar surface area (TPSA) is 75.3 Å². The number of carbonyl (C=O) groups excluding carboxylic acids is 1. The first kappa shape index (κ1) is 14.5. The first-order valence-electron chi connectivity index (χ1n) is 5.77. The number of hydrogen-bond acceptors (Lipinski definition) is 3. The summed E-state index contributed by atoms with van der Waals surface area (Å²) in [5.74, 6) is -0.0847. The monoisotopic (exact) mass is 270 g/mol. The lowest BCUT2D eigenvalue weighted by molar-refractivity contribution is -0.119. The van der Waals surface area contributed by atoms with Crippen LogP contribution in [0.25, 0.3) is 0 Å². The maximum absolute atomic E-state index is 11.7. The van der Waals surface area contributed by atoms with Crippen LogP contribution in [0.4, 0.5) is 5.69 Å². The van der Waals surface area contributed by atoms with Gasteiger partial charge in [0.2, 0.25) is 15.9 Å². The van der Waals surface area contributed by atoms with E-state index in [-0.39, 0.29) is 18.1 Å². The molecule has 0 aromatic heterocycles. The molecule has 0 spiro atoms. The molecule has 0 atom stereocenters. The van der Waals surface area contributed by atoms with Gasteiger partial charge in [0, 0.05) is 7.05 Å². The number of anilines is 1. The molecule has 100 valence electrons. The van der Waals surface area contributed by atoms with E-state index in [1.807, 2.05) is 0 Å². The van der Waals surface area contributed by atoms with Crippen LogP contribution in [-0.2, 0) is 21.2 Å². The van der Waals surface area contributed by atoms with Crippen molar-refractivity contribution in [3.05, 3.63) is 29.8 Å². The van der Waals surface area contributed by atoms with Gasteiger partial charge in [-0.25, -0.2) is 8.42 Å². The summed E-state index contributed by atoms with van der Waals surface area (Å²) in [7, 11) is -1.78. The average Bonchev–Trinajstić information content (AvgIpc) is 2.31. The van der Waals surface area contributed by atoms with Gasteiger partial charge in [-0.2, -0.15) is 0 Å². The van der Waals surface area contributed by atoms with Gasteiger partial charge in [-0.1, -0.05) is 25.1 Å². The van der Waals surface area contributed by atoms with E-state index in [4.69, 9.17) is 0 Å². The Hall–Kier alpha value is -1.56. The van der Waals surface area contributed by atoms with Gasteiger partial charge in [0.05, 0.1) is 17.9 Å². The molecule has 6 heteroatoms. The minimum absolute atomic E-state index is 0.0707. The van der Waals surface area contributed by atoms with Crippen molar-refractivity contribution in [3.63, 3.8) is 0 Å². The first-order valence-corrected chi connectivity index (χ1v) is 7.42. The first-order chi connectivity index (χ1) is 8.48. The molecule has 1 amide bonds. The quantitative estimate of drug-likeness (QED) is 0.813. The van der Waals surface area contributed by atoms with E-state index < -0.39 is 10.0 Å². The van der Waals surface area contributed by atoms with E-state index in [2.05, 4.69) is 10.0 Å². The molecule has 0 heterocycles. The molecule has 2 N–H and O–H groups in total. The van der Waals surface area contributed by atoms with Crippen molar-refractivity contribution in [2.75, 3.05) is 17.5 Å². The normalized spacial score (nSPS) is 11.0. The minimum atomic E-state index is -3.33. The molecule has 0 bridgehead atoms. The molecule has 0 aliphatic heterocycles. The Morgan fingerprint density at radius 3 is 2.56 bits per heavy atom.